The SMILES string of the molecule is Nc1cc([N+](=O)[O-])cc(NC2CCC(=O)NC2)n1. The molecule has 4 N–H and O–H groups in total. The number of rotatable bonds is 3. The molecule has 1 fully saturated rings. The van der Waals surface area contributed by atoms with Gasteiger partial charge in [-0.2, -0.15) is 0 Å². The van der Waals surface area contributed by atoms with E-state index in [2.05, 4.69) is 15.6 Å². The van der Waals surface area contributed by atoms with Crippen molar-refractivity contribution in [1.29, 1.82) is 0 Å². The van der Waals surface area contributed by atoms with Gasteiger partial charge in [0.15, 0.2) is 0 Å². The summed E-state index contributed by atoms with van der Waals surface area (Å²) in [5.41, 5.74) is 5.39. The van der Waals surface area contributed by atoms with Crippen LogP contribution in [0.5, 0.6) is 0 Å². The van der Waals surface area contributed by atoms with Gasteiger partial charge in [0.05, 0.1) is 17.1 Å². The van der Waals surface area contributed by atoms with Crippen molar-refractivity contribution in [3.8, 4) is 0 Å². The van der Waals surface area contributed by atoms with E-state index >= 15 is 0 Å². The van der Waals surface area contributed by atoms with Crippen LogP contribution in [0.1, 0.15) is 12.8 Å². The first-order valence-corrected chi connectivity index (χ1v) is 5.50. The molecule has 0 spiro atoms. The second kappa shape index (κ2) is 4.86. The Kier molecular flexibility index (Phi) is 3.26. The lowest BCUT2D eigenvalue weighted by Gasteiger charge is -2.23. The highest BCUT2D eigenvalue weighted by atomic mass is 16.6. The Hall–Kier alpha value is -2.38. The summed E-state index contributed by atoms with van der Waals surface area (Å²) in [6.07, 6.45) is 1.10. The standard InChI is InChI=1S/C10H13N5O3/c11-8-3-7(15(17)18)4-9(14-8)13-6-1-2-10(16)12-5-6/h3-4,6H,1-2,5H2,(H,12,16)(H3,11,13,14). The maximum atomic E-state index is 11.0. The van der Waals surface area contributed by atoms with Crippen LogP contribution in [-0.4, -0.2) is 28.4 Å². The van der Waals surface area contributed by atoms with Crippen LogP contribution < -0.4 is 16.4 Å². The van der Waals surface area contributed by atoms with Gasteiger partial charge in [-0.15, -0.1) is 0 Å². The Morgan fingerprint density at radius 2 is 2.33 bits per heavy atom. The van der Waals surface area contributed by atoms with Crippen molar-refractivity contribution in [2.45, 2.75) is 18.9 Å². The van der Waals surface area contributed by atoms with Gasteiger partial charge in [0.25, 0.3) is 5.69 Å². The average Bonchev–Trinajstić information content (AvgIpc) is 2.31. The molecule has 1 saturated heterocycles. The fourth-order valence-electron chi connectivity index (χ4n) is 1.78. The molecule has 0 radical (unpaired) electrons. The van der Waals surface area contributed by atoms with Crippen molar-refractivity contribution < 1.29 is 9.72 Å². The first-order valence-electron chi connectivity index (χ1n) is 5.50. The number of nitrogens with two attached hydrogens (primary N) is 1. The maximum Gasteiger partial charge on any atom is 0.276 e. The zero-order chi connectivity index (χ0) is 13.1. The average molecular weight is 251 g/mol. The van der Waals surface area contributed by atoms with Crippen LogP contribution in [-0.2, 0) is 4.79 Å². The van der Waals surface area contributed by atoms with Crippen molar-refractivity contribution in [1.82, 2.24) is 10.3 Å². The van der Waals surface area contributed by atoms with E-state index in [9.17, 15) is 14.9 Å². The third-order valence-corrected chi connectivity index (χ3v) is 2.66. The molecule has 8 nitrogen and oxygen atoms in total. The quantitative estimate of drug-likeness (QED) is 0.523. The Morgan fingerprint density at radius 3 is 2.94 bits per heavy atom. The van der Waals surface area contributed by atoms with Gasteiger partial charge in [0, 0.05) is 19.0 Å². The molecule has 2 heterocycles. The fraction of sp³-hybridized carbons (Fsp3) is 0.400. The number of nitrogens with zero attached hydrogens (tertiary/aromatic N) is 2. The van der Waals surface area contributed by atoms with Crippen molar-refractivity contribution >= 4 is 23.2 Å². The number of amides is 1. The number of piperidine rings is 1. The lowest BCUT2D eigenvalue weighted by atomic mass is 10.1. The third-order valence-electron chi connectivity index (χ3n) is 2.66. The van der Waals surface area contributed by atoms with Crippen molar-refractivity contribution in [3.05, 3.63) is 22.2 Å². The fourth-order valence-corrected chi connectivity index (χ4v) is 1.78. The molecular formula is C10H13N5O3. The van der Waals surface area contributed by atoms with Crippen LogP contribution in [0.25, 0.3) is 0 Å². The molecule has 0 aromatic carbocycles. The molecule has 1 atom stereocenters. The third kappa shape index (κ3) is 2.84. The predicted molar refractivity (Wildman–Crippen MR) is 65.0 cm³/mol. The molecule has 1 aromatic heterocycles. The molecule has 8 heteroatoms. The van der Waals surface area contributed by atoms with Crippen molar-refractivity contribution in [2.24, 2.45) is 0 Å². The van der Waals surface area contributed by atoms with E-state index in [1.54, 1.807) is 0 Å². The second-order valence-corrected chi connectivity index (χ2v) is 4.08. The van der Waals surface area contributed by atoms with Gasteiger partial charge in [-0.3, -0.25) is 14.9 Å². The summed E-state index contributed by atoms with van der Waals surface area (Å²) in [7, 11) is 0. The molecule has 0 bridgehead atoms. The number of carbonyl (C=O) groups excluding carboxylic acids is 1. The lowest BCUT2D eigenvalue weighted by Crippen LogP contribution is -2.42. The van der Waals surface area contributed by atoms with Crippen LogP contribution in [0.15, 0.2) is 12.1 Å². The van der Waals surface area contributed by atoms with Gasteiger partial charge in [-0.25, -0.2) is 4.98 Å². The Morgan fingerprint density at radius 1 is 1.56 bits per heavy atom. The number of aromatic nitrogens is 1. The molecule has 0 aliphatic carbocycles. The summed E-state index contributed by atoms with van der Waals surface area (Å²) < 4.78 is 0. The molecule has 1 aliphatic heterocycles. The Labute approximate surface area is 103 Å². The first kappa shape index (κ1) is 12.1. The lowest BCUT2D eigenvalue weighted by molar-refractivity contribution is -0.384. The highest BCUT2D eigenvalue weighted by molar-refractivity contribution is 5.77. The predicted octanol–water partition coefficient (Wildman–Crippen LogP) is 0.262. The zero-order valence-corrected chi connectivity index (χ0v) is 9.55. The molecule has 1 unspecified atom stereocenters. The number of hydrogen-bond acceptors (Lipinski definition) is 6. The summed E-state index contributed by atoms with van der Waals surface area (Å²) in [5.74, 6) is 0.453. The van der Waals surface area contributed by atoms with Gasteiger partial charge in [0.2, 0.25) is 5.91 Å². The van der Waals surface area contributed by atoms with Gasteiger partial charge in [-0.1, -0.05) is 0 Å². The molecule has 1 aromatic rings. The molecule has 1 aliphatic rings. The largest absolute Gasteiger partial charge is 0.383 e. The van der Waals surface area contributed by atoms with Crippen LogP contribution >= 0.6 is 0 Å². The van der Waals surface area contributed by atoms with E-state index in [-0.39, 0.29) is 23.5 Å². The van der Waals surface area contributed by atoms with Gasteiger partial charge >= 0.3 is 0 Å². The van der Waals surface area contributed by atoms with E-state index < -0.39 is 4.92 Å². The van der Waals surface area contributed by atoms with E-state index in [0.717, 1.165) is 0 Å². The molecule has 96 valence electrons. The van der Waals surface area contributed by atoms with E-state index in [1.807, 2.05) is 0 Å². The summed E-state index contributed by atoms with van der Waals surface area (Å²) in [6.45, 7) is 0.475. The highest BCUT2D eigenvalue weighted by Crippen LogP contribution is 2.20. The minimum atomic E-state index is -0.522. The van der Waals surface area contributed by atoms with E-state index in [4.69, 9.17) is 5.73 Å². The zero-order valence-electron chi connectivity index (χ0n) is 9.55. The minimum absolute atomic E-state index is 0.0107. The number of pyridine rings is 1. The van der Waals surface area contributed by atoms with E-state index in [0.29, 0.717) is 25.2 Å². The number of nitro groups is 1. The summed E-state index contributed by atoms with van der Waals surface area (Å²) in [5, 5.41) is 16.4. The molecular weight excluding hydrogens is 238 g/mol. The van der Waals surface area contributed by atoms with Crippen LogP contribution in [0.3, 0.4) is 0 Å². The number of hydrogen-bond donors (Lipinski definition) is 3. The van der Waals surface area contributed by atoms with Crippen LogP contribution in [0.2, 0.25) is 0 Å². The molecule has 2 rings (SSSR count). The van der Waals surface area contributed by atoms with Crippen molar-refractivity contribution in [3.63, 3.8) is 0 Å². The molecule has 1 amide bonds. The van der Waals surface area contributed by atoms with Crippen LogP contribution in [0, 0.1) is 10.1 Å². The summed E-state index contributed by atoms with van der Waals surface area (Å²) >= 11 is 0. The number of nitrogen functional groups attached to an aromatic ring is 1. The second-order valence-electron chi connectivity index (χ2n) is 4.08. The topological polar surface area (TPSA) is 123 Å². The Balaban J connectivity index is 2.09. The van der Waals surface area contributed by atoms with Gasteiger partial charge in [0.1, 0.15) is 11.6 Å². The first-order chi connectivity index (χ1) is 8.54. The minimum Gasteiger partial charge on any atom is -0.383 e. The summed E-state index contributed by atoms with van der Waals surface area (Å²) in [6, 6.07) is 2.54. The Bertz CT molecular complexity index is 480. The van der Waals surface area contributed by atoms with Crippen LogP contribution in [0.4, 0.5) is 17.3 Å². The molecule has 0 saturated carbocycles. The van der Waals surface area contributed by atoms with Gasteiger partial charge < -0.3 is 16.4 Å². The van der Waals surface area contributed by atoms with E-state index in [1.165, 1.54) is 12.1 Å². The summed E-state index contributed by atoms with van der Waals surface area (Å²) in [4.78, 5) is 25.1. The normalized spacial score (nSPS) is 19.1. The monoisotopic (exact) mass is 251 g/mol. The number of nitrogens with one attached hydrogen (secondary N) is 2. The maximum absolute atomic E-state index is 11.0. The number of anilines is 2. The smallest absolute Gasteiger partial charge is 0.276 e. The van der Waals surface area contributed by atoms with Gasteiger partial charge in [-0.05, 0) is 6.42 Å². The molecule has 18 heavy (non-hydrogen) atoms. The highest BCUT2D eigenvalue weighted by Gasteiger charge is 2.19. The number of carbonyl (C=O) groups is 1. The van der Waals surface area contributed by atoms with Crippen molar-refractivity contribution in [2.75, 3.05) is 17.6 Å².